The number of hydrogen-bond donors (Lipinski definition) is 3. The molecule has 4 aliphatic rings. The van der Waals surface area contributed by atoms with Gasteiger partial charge in [-0.05, 0) is 49.1 Å². The van der Waals surface area contributed by atoms with E-state index in [-0.39, 0.29) is 47.7 Å². The predicted octanol–water partition coefficient (Wildman–Crippen LogP) is 1.18. The lowest BCUT2D eigenvalue weighted by atomic mass is 9.75. The maximum absolute atomic E-state index is 13.5. The standard InChI is InChI=1S/C25H30FN7O2/c26-18-7-4-16(5-8-18)22-23-28-24(34)19-9-6-17(15-20(19)33(23)30-29-22)25(35)32-13-11-31(12-14-32)21-3-1-2-10-27-21/h1-5,7-8,10,17,19-20,22-23,29-30H,6,9,11-15H2,(H,28,34). The van der Waals surface area contributed by atoms with Crippen molar-refractivity contribution in [2.24, 2.45) is 11.8 Å². The Labute approximate surface area is 203 Å². The van der Waals surface area contributed by atoms with E-state index in [0.717, 1.165) is 30.9 Å². The van der Waals surface area contributed by atoms with Gasteiger partial charge >= 0.3 is 0 Å². The van der Waals surface area contributed by atoms with Crippen LogP contribution in [0.1, 0.15) is 30.9 Å². The first-order valence-corrected chi connectivity index (χ1v) is 12.4. The van der Waals surface area contributed by atoms with E-state index in [2.05, 4.69) is 31.2 Å². The van der Waals surface area contributed by atoms with Crippen LogP contribution < -0.4 is 21.2 Å². The lowest BCUT2D eigenvalue weighted by Crippen LogP contribution is -2.66. The van der Waals surface area contributed by atoms with Crippen LogP contribution in [0.5, 0.6) is 0 Å². The van der Waals surface area contributed by atoms with Gasteiger partial charge in [-0.2, -0.15) is 5.53 Å². The van der Waals surface area contributed by atoms with Crippen molar-refractivity contribution in [3.63, 3.8) is 0 Å². The topological polar surface area (TPSA) is 92.8 Å². The number of carbonyl (C=O) groups excluding carboxylic acids is 2. The van der Waals surface area contributed by atoms with Crippen LogP contribution in [0.15, 0.2) is 48.7 Å². The van der Waals surface area contributed by atoms with Crippen molar-refractivity contribution >= 4 is 17.6 Å². The van der Waals surface area contributed by atoms with Gasteiger partial charge in [-0.1, -0.05) is 18.2 Å². The molecule has 3 aliphatic heterocycles. The molecule has 5 unspecified atom stereocenters. The van der Waals surface area contributed by atoms with Crippen LogP contribution in [-0.2, 0) is 9.59 Å². The van der Waals surface area contributed by atoms with Crippen LogP contribution in [0.4, 0.5) is 10.2 Å². The SMILES string of the molecule is O=C1NC2C(c3ccc(F)cc3)NNN2C2CC(C(=O)N3CCN(c4ccccn4)CC3)CCC12. The number of nitrogens with zero attached hydrogens (tertiary/aromatic N) is 4. The zero-order valence-electron chi connectivity index (χ0n) is 19.4. The molecule has 1 saturated carbocycles. The van der Waals surface area contributed by atoms with Crippen molar-refractivity contribution in [2.45, 2.75) is 37.5 Å². The van der Waals surface area contributed by atoms with E-state index in [1.54, 1.807) is 18.3 Å². The van der Waals surface area contributed by atoms with Crippen molar-refractivity contribution in [3.8, 4) is 0 Å². The first-order valence-electron chi connectivity index (χ1n) is 12.4. The smallest absolute Gasteiger partial charge is 0.226 e. The zero-order valence-corrected chi connectivity index (χ0v) is 19.4. The quantitative estimate of drug-likeness (QED) is 0.609. The average molecular weight is 480 g/mol. The van der Waals surface area contributed by atoms with E-state index in [1.165, 1.54) is 12.1 Å². The number of fused-ring (bicyclic) bond motifs is 3. The Morgan fingerprint density at radius 1 is 1.03 bits per heavy atom. The fourth-order valence-electron chi connectivity index (χ4n) is 6.02. The highest BCUT2D eigenvalue weighted by Crippen LogP contribution is 2.39. The minimum absolute atomic E-state index is 0.0312. The Balaban J connectivity index is 1.12. The molecule has 5 atom stereocenters. The van der Waals surface area contributed by atoms with Gasteiger partial charge in [0.15, 0.2) is 0 Å². The number of carbonyl (C=O) groups is 2. The summed E-state index contributed by atoms with van der Waals surface area (Å²) in [6.45, 7) is 2.89. The van der Waals surface area contributed by atoms with Crippen LogP contribution in [-0.4, -0.2) is 65.1 Å². The van der Waals surface area contributed by atoms with Gasteiger partial charge in [0.05, 0.1) is 12.0 Å². The molecule has 6 rings (SSSR count). The highest BCUT2D eigenvalue weighted by atomic mass is 19.1. The number of hydrazine groups is 2. The van der Waals surface area contributed by atoms with E-state index in [1.807, 2.05) is 23.1 Å². The van der Waals surface area contributed by atoms with Crippen molar-refractivity contribution in [1.82, 2.24) is 31.2 Å². The third-order valence-electron chi connectivity index (χ3n) is 7.91. The minimum Gasteiger partial charge on any atom is -0.353 e. The molecule has 184 valence electrons. The maximum Gasteiger partial charge on any atom is 0.226 e. The molecule has 1 aliphatic carbocycles. The van der Waals surface area contributed by atoms with Crippen LogP contribution in [0, 0.1) is 17.7 Å². The molecule has 1 aromatic carbocycles. The number of piperazine rings is 1. The molecular formula is C25H30FN7O2. The Hall–Kier alpha value is -3.08. The highest BCUT2D eigenvalue weighted by Gasteiger charge is 2.51. The van der Waals surface area contributed by atoms with E-state index in [0.29, 0.717) is 25.9 Å². The Kier molecular flexibility index (Phi) is 5.87. The minimum atomic E-state index is -0.301. The second-order valence-electron chi connectivity index (χ2n) is 9.83. The molecule has 2 aromatic rings. The first-order chi connectivity index (χ1) is 17.1. The van der Waals surface area contributed by atoms with Gasteiger partial charge in [-0.25, -0.2) is 19.8 Å². The number of pyridine rings is 1. The molecule has 2 amide bonds. The fraction of sp³-hybridized carbons (Fsp3) is 0.480. The number of rotatable bonds is 3. The third kappa shape index (κ3) is 4.15. The Morgan fingerprint density at radius 3 is 2.57 bits per heavy atom. The second kappa shape index (κ2) is 9.18. The molecule has 35 heavy (non-hydrogen) atoms. The van der Waals surface area contributed by atoms with Gasteiger partial charge in [0.25, 0.3) is 0 Å². The molecule has 10 heteroatoms. The third-order valence-corrected chi connectivity index (χ3v) is 7.91. The molecule has 0 radical (unpaired) electrons. The summed E-state index contributed by atoms with van der Waals surface area (Å²) < 4.78 is 13.4. The summed E-state index contributed by atoms with van der Waals surface area (Å²) in [5.41, 5.74) is 7.38. The fourth-order valence-corrected chi connectivity index (χ4v) is 6.02. The van der Waals surface area contributed by atoms with E-state index >= 15 is 0 Å². The van der Waals surface area contributed by atoms with Gasteiger partial charge < -0.3 is 15.1 Å². The summed E-state index contributed by atoms with van der Waals surface area (Å²) in [4.78, 5) is 35.1. The average Bonchev–Trinajstić information content (AvgIpc) is 3.33. The number of amides is 2. The number of hydrogen-bond acceptors (Lipinski definition) is 7. The molecule has 3 N–H and O–H groups in total. The Bertz CT molecular complexity index is 1080. The zero-order chi connectivity index (χ0) is 23.9. The van der Waals surface area contributed by atoms with Crippen LogP contribution in [0.3, 0.4) is 0 Å². The number of halogens is 1. The lowest BCUT2D eigenvalue weighted by molar-refractivity contribution is -0.147. The van der Waals surface area contributed by atoms with E-state index < -0.39 is 0 Å². The molecule has 9 nitrogen and oxygen atoms in total. The van der Waals surface area contributed by atoms with Gasteiger partial charge in [0, 0.05) is 44.3 Å². The number of anilines is 1. The molecule has 0 spiro atoms. The molecule has 4 fully saturated rings. The van der Waals surface area contributed by atoms with Crippen molar-refractivity contribution in [3.05, 3.63) is 60.0 Å². The molecule has 1 aromatic heterocycles. The number of nitrogens with one attached hydrogen (secondary N) is 3. The van der Waals surface area contributed by atoms with E-state index in [4.69, 9.17) is 0 Å². The largest absolute Gasteiger partial charge is 0.353 e. The maximum atomic E-state index is 13.5. The van der Waals surface area contributed by atoms with Gasteiger partial charge in [0.1, 0.15) is 17.8 Å². The van der Waals surface area contributed by atoms with Gasteiger partial charge in [-0.15, -0.1) is 0 Å². The highest BCUT2D eigenvalue weighted by molar-refractivity contribution is 5.83. The Morgan fingerprint density at radius 2 is 1.83 bits per heavy atom. The number of benzene rings is 1. The van der Waals surface area contributed by atoms with Crippen molar-refractivity contribution in [1.29, 1.82) is 0 Å². The van der Waals surface area contributed by atoms with E-state index in [9.17, 15) is 14.0 Å². The molecular weight excluding hydrogens is 449 g/mol. The van der Waals surface area contributed by atoms with Gasteiger partial charge in [-0.3, -0.25) is 9.59 Å². The van der Waals surface area contributed by atoms with Gasteiger partial charge in [0.2, 0.25) is 11.8 Å². The first kappa shape index (κ1) is 22.4. The van der Waals surface area contributed by atoms with Crippen molar-refractivity contribution in [2.75, 3.05) is 31.1 Å². The van der Waals surface area contributed by atoms with Crippen LogP contribution in [0.25, 0.3) is 0 Å². The summed E-state index contributed by atoms with van der Waals surface area (Å²) >= 11 is 0. The predicted molar refractivity (Wildman–Crippen MR) is 127 cm³/mol. The molecule has 3 saturated heterocycles. The second-order valence-corrected chi connectivity index (χ2v) is 9.83. The lowest BCUT2D eigenvalue weighted by Gasteiger charge is -2.47. The summed E-state index contributed by atoms with van der Waals surface area (Å²) in [5, 5.41) is 5.18. The molecule has 4 heterocycles. The summed E-state index contributed by atoms with van der Waals surface area (Å²) in [6.07, 6.45) is 3.54. The normalized spacial score (nSPS) is 31.0. The van der Waals surface area contributed by atoms with Crippen LogP contribution >= 0.6 is 0 Å². The summed E-state index contributed by atoms with van der Waals surface area (Å²) in [5.74, 6) is 0.618. The summed E-state index contributed by atoms with van der Waals surface area (Å²) in [6, 6.07) is 11.9. The summed E-state index contributed by atoms with van der Waals surface area (Å²) in [7, 11) is 0. The molecule has 0 bridgehead atoms. The van der Waals surface area contributed by atoms with Crippen molar-refractivity contribution < 1.29 is 14.0 Å². The monoisotopic (exact) mass is 479 g/mol. The number of aromatic nitrogens is 1. The van der Waals surface area contributed by atoms with Crippen LogP contribution in [0.2, 0.25) is 0 Å².